The summed E-state index contributed by atoms with van der Waals surface area (Å²) in [4.78, 5) is 30.1. The first-order valence-electron chi connectivity index (χ1n) is 9.90. The third-order valence-corrected chi connectivity index (χ3v) is 5.17. The van der Waals surface area contributed by atoms with Crippen LogP contribution < -0.4 is 10.2 Å². The summed E-state index contributed by atoms with van der Waals surface area (Å²) in [6.45, 7) is 7.93. The normalized spacial score (nSPS) is 15.1. The van der Waals surface area contributed by atoms with Gasteiger partial charge in [-0.3, -0.25) is 9.59 Å². The number of piperidine rings is 1. The van der Waals surface area contributed by atoms with Crippen molar-refractivity contribution in [2.24, 2.45) is 5.92 Å². The Labute approximate surface area is 163 Å². The highest BCUT2D eigenvalue weighted by Crippen LogP contribution is 2.24. The van der Waals surface area contributed by atoms with Crippen LogP contribution in [0.25, 0.3) is 0 Å². The summed E-state index contributed by atoms with van der Waals surface area (Å²) < 4.78 is 0. The Kier molecular flexibility index (Phi) is 8.10. The second-order valence-corrected chi connectivity index (χ2v) is 7.82. The van der Waals surface area contributed by atoms with E-state index in [1.54, 1.807) is 11.8 Å². The highest BCUT2D eigenvalue weighted by atomic mass is 16.2. The molecule has 0 spiro atoms. The van der Waals surface area contributed by atoms with E-state index in [1.807, 2.05) is 31.1 Å². The van der Waals surface area contributed by atoms with Crippen LogP contribution in [0.4, 0.5) is 11.4 Å². The molecule has 2 amide bonds. The third kappa shape index (κ3) is 7.21. The van der Waals surface area contributed by atoms with Crippen LogP contribution in [0, 0.1) is 5.92 Å². The summed E-state index contributed by atoms with van der Waals surface area (Å²) in [6.07, 6.45) is 2.77. The molecule has 27 heavy (non-hydrogen) atoms. The number of amides is 2. The lowest BCUT2D eigenvalue weighted by atomic mass is 9.99. The molecule has 6 nitrogen and oxygen atoms in total. The van der Waals surface area contributed by atoms with Gasteiger partial charge in [-0.2, -0.15) is 0 Å². The molecule has 6 heteroatoms. The molecule has 1 aromatic rings. The van der Waals surface area contributed by atoms with Crippen molar-refractivity contribution in [3.8, 4) is 0 Å². The maximum absolute atomic E-state index is 12.2. The van der Waals surface area contributed by atoms with Crippen LogP contribution in [-0.4, -0.2) is 68.4 Å². The van der Waals surface area contributed by atoms with E-state index in [4.69, 9.17) is 0 Å². The van der Waals surface area contributed by atoms with E-state index in [0.717, 1.165) is 31.2 Å². The van der Waals surface area contributed by atoms with Crippen LogP contribution in [0.1, 0.15) is 33.1 Å². The number of nitrogens with zero attached hydrogens (tertiary/aromatic N) is 3. The van der Waals surface area contributed by atoms with Gasteiger partial charge in [-0.05, 0) is 57.1 Å². The van der Waals surface area contributed by atoms with Crippen molar-refractivity contribution in [3.05, 3.63) is 24.3 Å². The van der Waals surface area contributed by atoms with E-state index in [9.17, 15) is 9.59 Å². The second-order valence-electron chi connectivity index (χ2n) is 7.82. The summed E-state index contributed by atoms with van der Waals surface area (Å²) >= 11 is 0. The molecule has 0 radical (unpaired) electrons. The van der Waals surface area contributed by atoms with E-state index in [1.165, 1.54) is 18.5 Å². The maximum atomic E-state index is 12.2. The zero-order chi connectivity index (χ0) is 19.8. The molecule has 2 rings (SSSR count). The fraction of sp³-hybridized carbons (Fsp3) is 0.619. The average Bonchev–Trinajstić information content (AvgIpc) is 2.62. The fourth-order valence-electron chi connectivity index (χ4n) is 3.23. The Hall–Kier alpha value is -2.08. The van der Waals surface area contributed by atoms with Gasteiger partial charge in [0.15, 0.2) is 0 Å². The van der Waals surface area contributed by atoms with Crippen molar-refractivity contribution in [3.63, 3.8) is 0 Å². The van der Waals surface area contributed by atoms with Gasteiger partial charge in [0.25, 0.3) is 0 Å². The van der Waals surface area contributed by atoms with E-state index >= 15 is 0 Å². The van der Waals surface area contributed by atoms with Gasteiger partial charge in [0, 0.05) is 57.4 Å². The monoisotopic (exact) mass is 374 g/mol. The van der Waals surface area contributed by atoms with Crippen molar-refractivity contribution in [2.45, 2.75) is 33.1 Å². The average molecular weight is 375 g/mol. The number of nitrogens with one attached hydrogen (secondary N) is 1. The molecule has 1 fully saturated rings. The van der Waals surface area contributed by atoms with Crippen LogP contribution in [0.5, 0.6) is 0 Å². The first-order valence-corrected chi connectivity index (χ1v) is 9.90. The van der Waals surface area contributed by atoms with Crippen LogP contribution in [0.3, 0.4) is 0 Å². The molecule has 0 atom stereocenters. The van der Waals surface area contributed by atoms with E-state index in [0.29, 0.717) is 19.5 Å². The number of likely N-dealkylation sites (N-methyl/N-ethyl adjacent to an activating group) is 1. The third-order valence-electron chi connectivity index (χ3n) is 5.17. The number of hydrogen-bond acceptors (Lipinski definition) is 4. The molecular formula is C21H34N4O2. The lowest BCUT2D eigenvalue weighted by molar-refractivity contribution is -0.129. The molecule has 0 bridgehead atoms. The Morgan fingerprint density at radius 2 is 1.70 bits per heavy atom. The van der Waals surface area contributed by atoms with Crippen molar-refractivity contribution < 1.29 is 9.59 Å². The molecule has 150 valence electrons. The molecule has 1 aromatic carbocycles. The molecular weight excluding hydrogens is 340 g/mol. The Morgan fingerprint density at radius 3 is 2.26 bits per heavy atom. The first-order chi connectivity index (χ1) is 12.8. The van der Waals surface area contributed by atoms with Crippen LogP contribution >= 0.6 is 0 Å². The minimum Gasteiger partial charge on any atom is -0.372 e. The minimum atomic E-state index is -0.0642. The van der Waals surface area contributed by atoms with E-state index < -0.39 is 0 Å². The van der Waals surface area contributed by atoms with Gasteiger partial charge in [-0.25, -0.2) is 0 Å². The zero-order valence-corrected chi connectivity index (χ0v) is 17.2. The molecule has 1 heterocycles. The van der Waals surface area contributed by atoms with E-state index in [2.05, 4.69) is 29.3 Å². The van der Waals surface area contributed by atoms with Crippen LogP contribution in [0.2, 0.25) is 0 Å². The van der Waals surface area contributed by atoms with Gasteiger partial charge in [-0.15, -0.1) is 0 Å². The number of hydrogen-bond donors (Lipinski definition) is 1. The van der Waals surface area contributed by atoms with E-state index in [-0.39, 0.29) is 11.8 Å². The topological polar surface area (TPSA) is 55.9 Å². The fourth-order valence-corrected chi connectivity index (χ4v) is 3.23. The number of carbonyl (C=O) groups excluding carboxylic acids is 2. The molecule has 1 saturated heterocycles. The second kappa shape index (κ2) is 10.3. The summed E-state index contributed by atoms with van der Waals surface area (Å²) in [5, 5.41) is 2.93. The van der Waals surface area contributed by atoms with Gasteiger partial charge in [0.2, 0.25) is 11.8 Å². The van der Waals surface area contributed by atoms with Crippen LogP contribution in [-0.2, 0) is 9.59 Å². The zero-order valence-electron chi connectivity index (χ0n) is 17.2. The predicted octanol–water partition coefficient (Wildman–Crippen LogP) is 2.66. The van der Waals surface area contributed by atoms with Crippen molar-refractivity contribution in [1.82, 2.24) is 9.80 Å². The maximum Gasteiger partial charge on any atom is 0.226 e. The largest absolute Gasteiger partial charge is 0.372 e. The SMILES string of the molecule is CC(=O)N(CCC(=O)Nc1ccc(N2CCC(C)CC2)cc1)CCN(C)C. The molecule has 0 saturated carbocycles. The molecule has 1 aliphatic heterocycles. The number of carbonyl (C=O) groups is 2. The minimum absolute atomic E-state index is 0.00449. The van der Waals surface area contributed by atoms with Gasteiger partial charge in [-0.1, -0.05) is 6.92 Å². The van der Waals surface area contributed by atoms with Crippen molar-refractivity contribution in [2.75, 3.05) is 57.0 Å². The first kappa shape index (κ1) is 21.2. The number of anilines is 2. The Bertz CT molecular complexity index is 607. The van der Waals surface area contributed by atoms with Gasteiger partial charge < -0.3 is 20.0 Å². The standard InChI is InChI=1S/C21H34N4O2/c1-17-9-12-25(13-10-17)20-7-5-19(6-8-20)22-21(27)11-14-24(18(2)26)16-15-23(3)4/h5-8,17H,9-16H2,1-4H3,(H,22,27). The summed E-state index contributed by atoms with van der Waals surface area (Å²) in [5.74, 6) is 0.752. The Balaban J connectivity index is 1.80. The highest BCUT2D eigenvalue weighted by molar-refractivity contribution is 5.91. The van der Waals surface area contributed by atoms with Gasteiger partial charge in [0.05, 0.1) is 0 Å². The molecule has 0 unspecified atom stereocenters. The molecule has 1 N–H and O–H groups in total. The molecule has 0 aliphatic carbocycles. The quantitative estimate of drug-likeness (QED) is 0.760. The van der Waals surface area contributed by atoms with Crippen LogP contribution in [0.15, 0.2) is 24.3 Å². The lowest BCUT2D eigenvalue weighted by Crippen LogP contribution is -2.37. The number of benzene rings is 1. The highest BCUT2D eigenvalue weighted by Gasteiger charge is 2.16. The molecule has 1 aliphatic rings. The number of rotatable bonds is 8. The summed E-state index contributed by atoms with van der Waals surface area (Å²) in [6, 6.07) is 8.06. The Morgan fingerprint density at radius 1 is 1.07 bits per heavy atom. The van der Waals surface area contributed by atoms with Crippen molar-refractivity contribution in [1.29, 1.82) is 0 Å². The summed E-state index contributed by atoms with van der Waals surface area (Å²) in [7, 11) is 3.94. The van der Waals surface area contributed by atoms with Gasteiger partial charge >= 0.3 is 0 Å². The van der Waals surface area contributed by atoms with Crippen molar-refractivity contribution >= 4 is 23.2 Å². The predicted molar refractivity (Wildman–Crippen MR) is 111 cm³/mol. The summed E-state index contributed by atoms with van der Waals surface area (Å²) in [5.41, 5.74) is 2.02. The molecule has 0 aromatic heterocycles. The van der Waals surface area contributed by atoms with Gasteiger partial charge in [0.1, 0.15) is 0 Å². The lowest BCUT2D eigenvalue weighted by Gasteiger charge is -2.32. The smallest absolute Gasteiger partial charge is 0.226 e.